The lowest BCUT2D eigenvalue weighted by Gasteiger charge is -2.33. The van der Waals surface area contributed by atoms with Gasteiger partial charge in [0.25, 0.3) is 0 Å². The molecular weight excluding hydrogens is 224 g/mol. The molecule has 1 aliphatic heterocycles. The van der Waals surface area contributed by atoms with Gasteiger partial charge >= 0.3 is 0 Å². The zero-order chi connectivity index (χ0) is 11.6. The summed E-state index contributed by atoms with van der Waals surface area (Å²) in [4.78, 5) is 0. The van der Waals surface area contributed by atoms with Gasteiger partial charge in [-0.15, -0.1) is 0 Å². The highest BCUT2D eigenvalue weighted by molar-refractivity contribution is 7.88. The van der Waals surface area contributed by atoms with Crippen molar-refractivity contribution in [3.8, 4) is 0 Å². The third kappa shape index (κ3) is 3.18. The highest BCUT2D eigenvalue weighted by Gasteiger charge is 2.25. The van der Waals surface area contributed by atoms with Crippen LogP contribution in [-0.2, 0) is 10.0 Å². The molecule has 0 aromatic heterocycles. The molecule has 1 heterocycles. The summed E-state index contributed by atoms with van der Waals surface area (Å²) in [5, 5.41) is 3.57. The highest BCUT2D eigenvalue weighted by Crippen LogP contribution is 2.21. The molecule has 5 heteroatoms. The van der Waals surface area contributed by atoms with Crippen molar-refractivity contribution in [3.05, 3.63) is 0 Å². The van der Waals surface area contributed by atoms with Crippen LogP contribution in [0.4, 0.5) is 0 Å². The van der Waals surface area contributed by atoms with E-state index in [1.807, 2.05) is 0 Å². The molecule has 1 saturated carbocycles. The van der Waals surface area contributed by atoms with E-state index in [0.29, 0.717) is 19.0 Å². The fraction of sp³-hybridized carbons (Fsp3) is 1.00. The van der Waals surface area contributed by atoms with E-state index in [0.717, 1.165) is 25.4 Å². The Labute approximate surface area is 98.4 Å². The van der Waals surface area contributed by atoms with Crippen molar-refractivity contribution < 1.29 is 8.42 Å². The molecule has 0 aromatic rings. The first kappa shape index (κ1) is 12.3. The van der Waals surface area contributed by atoms with Gasteiger partial charge in [0.2, 0.25) is 10.0 Å². The van der Waals surface area contributed by atoms with Crippen LogP contribution >= 0.6 is 0 Å². The summed E-state index contributed by atoms with van der Waals surface area (Å²) in [6.45, 7) is 2.48. The molecule has 0 amide bonds. The molecule has 0 unspecified atom stereocenters. The number of hydrogen-bond donors (Lipinski definition) is 1. The van der Waals surface area contributed by atoms with Crippen molar-refractivity contribution in [2.45, 2.75) is 38.1 Å². The van der Waals surface area contributed by atoms with E-state index in [1.165, 1.54) is 25.5 Å². The highest BCUT2D eigenvalue weighted by atomic mass is 32.2. The number of hydrogen-bond acceptors (Lipinski definition) is 3. The fourth-order valence-corrected chi connectivity index (χ4v) is 3.26. The van der Waals surface area contributed by atoms with Gasteiger partial charge in [-0.1, -0.05) is 6.42 Å². The average molecular weight is 246 g/mol. The quantitative estimate of drug-likeness (QED) is 0.798. The van der Waals surface area contributed by atoms with Gasteiger partial charge < -0.3 is 5.32 Å². The summed E-state index contributed by atoms with van der Waals surface area (Å²) in [6, 6.07) is 0.743. The molecule has 16 heavy (non-hydrogen) atoms. The number of nitrogens with zero attached hydrogens (tertiary/aromatic N) is 1. The Kier molecular flexibility index (Phi) is 3.87. The first-order valence-corrected chi connectivity index (χ1v) is 8.09. The van der Waals surface area contributed by atoms with Crippen LogP contribution in [0, 0.1) is 5.92 Å². The SMILES string of the molecule is CS(=O)(=O)N1CCC(CNC2CCC2)CC1. The smallest absolute Gasteiger partial charge is 0.211 e. The predicted molar refractivity (Wildman–Crippen MR) is 64.8 cm³/mol. The number of rotatable bonds is 4. The molecule has 0 spiro atoms. The van der Waals surface area contributed by atoms with Gasteiger partial charge in [0.1, 0.15) is 0 Å². The average Bonchev–Trinajstić information content (AvgIpc) is 2.15. The maximum atomic E-state index is 11.3. The van der Waals surface area contributed by atoms with Crippen LogP contribution in [0.1, 0.15) is 32.1 Å². The Balaban J connectivity index is 1.68. The van der Waals surface area contributed by atoms with Crippen molar-refractivity contribution >= 4 is 10.0 Å². The summed E-state index contributed by atoms with van der Waals surface area (Å²) < 4.78 is 24.3. The summed E-state index contributed by atoms with van der Waals surface area (Å²) in [5.41, 5.74) is 0. The fourth-order valence-electron chi connectivity index (χ4n) is 2.39. The van der Waals surface area contributed by atoms with Crippen molar-refractivity contribution in [3.63, 3.8) is 0 Å². The molecule has 94 valence electrons. The van der Waals surface area contributed by atoms with Gasteiger partial charge in [-0.05, 0) is 38.1 Å². The number of piperidine rings is 1. The standard InChI is InChI=1S/C11H22N2O2S/c1-16(14,15)13-7-5-10(6-8-13)9-12-11-3-2-4-11/h10-12H,2-9H2,1H3. The minimum absolute atomic E-state index is 0.665. The zero-order valence-electron chi connectivity index (χ0n) is 9.98. The van der Waals surface area contributed by atoms with Gasteiger partial charge in [-0.25, -0.2) is 12.7 Å². The molecule has 2 aliphatic rings. The van der Waals surface area contributed by atoms with Gasteiger partial charge in [0.05, 0.1) is 6.26 Å². The molecule has 0 bridgehead atoms. The van der Waals surface area contributed by atoms with Crippen molar-refractivity contribution in [2.75, 3.05) is 25.9 Å². The first-order chi connectivity index (χ1) is 7.55. The summed E-state index contributed by atoms with van der Waals surface area (Å²) in [7, 11) is -2.96. The van der Waals surface area contributed by atoms with Crippen LogP contribution in [0.15, 0.2) is 0 Å². The van der Waals surface area contributed by atoms with Crippen molar-refractivity contribution in [1.82, 2.24) is 9.62 Å². The molecule has 2 rings (SSSR count). The summed E-state index contributed by atoms with van der Waals surface area (Å²) >= 11 is 0. The minimum atomic E-state index is -2.96. The zero-order valence-corrected chi connectivity index (χ0v) is 10.8. The Morgan fingerprint density at radius 2 is 1.81 bits per heavy atom. The molecule has 0 aromatic carbocycles. The maximum Gasteiger partial charge on any atom is 0.211 e. The Morgan fingerprint density at radius 3 is 2.25 bits per heavy atom. The van der Waals surface area contributed by atoms with E-state index in [9.17, 15) is 8.42 Å². The topological polar surface area (TPSA) is 49.4 Å². The van der Waals surface area contributed by atoms with Crippen LogP contribution in [0.3, 0.4) is 0 Å². The second kappa shape index (κ2) is 5.02. The van der Waals surface area contributed by atoms with Crippen LogP contribution in [-0.4, -0.2) is 44.7 Å². The Bertz CT molecular complexity index is 317. The Hall–Kier alpha value is -0.130. The lowest BCUT2D eigenvalue weighted by Crippen LogP contribution is -2.43. The maximum absolute atomic E-state index is 11.3. The lowest BCUT2D eigenvalue weighted by molar-refractivity contribution is 0.245. The predicted octanol–water partition coefficient (Wildman–Crippen LogP) is 0.800. The molecule has 1 saturated heterocycles. The second-order valence-corrected chi connectivity index (χ2v) is 7.12. The van der Waals surface area contributed by atoms with Gasteiger partial charge in [-0.2, -0.15) is 0 Å². The van der Waals surface area contributed by atoms with Crippen LogP contribution < -0.4 is 5.32 Å². The van der Waals surface area contributed by atoms with Crippen molar-refractivity contribution in [2.24, 2.45) is 5.92 Å². The first-order valence-electron chi connectivity index (χ1n) is 6.24. The van der Waals surface area contributed by atoms with E-state index in [4.69, 9.17) is 0 Å². The van der Waals surface area contributed by atoms with Gasteiger partial charge in [0, 0.05) is 19.1 Å². The van der Waals surface area contributed by atoms with E-state index < -0.39 is 10.0 Å². The summed E-state index contributed by atoms with van der Waals surface area (Å²) in [6.07, 6.45) is 7.33. The molecule has 4 nitrogen and oxygen atoms in total. The molecule has 2 fully saturated rings. The normalized spacial score (nSPS) is 25.6. The van der Waals surface area contributed by atoms with E-state index in [1.54, 1.807) is 4.31 Å². The molecule has 0 atom stereocenters. The van der Waals surface area contributed by atoms with Crippen LogP contribution in [0.25, 0.3) is 0 Å². The third-order valence-corrected chi connectivity index (χ3v) is 5.15. The van der Waals surface area contributed by atoms with Gasteiger partial charge in [-0.3, -0.25) is 0 Å². The Morgan fingerprint density at radius 1 is 1.19 bits per heavy atom. The van der Waals surface area contributed by atoms with E-state index >= 15 is 0 Å². The largest absolute Gasteiger partial charge is 0.314 e. The molecule has 1 aliphatic carbocycles. The van der Waals surface area contributed by atoms with E-state index in [-0.39, 0.29) is 0 Å². The van der Waals surface area contributed by atoms with Crippen LogP contribution in [0.2, 0.25) is 0 Å². The minimum Gasteiger partial charge on any atom is -0.314 e. The molecule has 1 N–H and O–H groups in total. The molecule has 0 radical (unpaired) electrons. The number of nitrogens with one attached hydrogen (secondary N) is 1. The van der Waals surface area contributed by atoms with Crippen LogP contribution in [0.5, 0.6) is 0 Å². The van der Waals surface area contributed by atoms with Gasteiger partial charge in [0.15, 0.2) is 0 Å². The molecular formula is C11H22N2O2S. The van der Waals surface area contributed by atoms with Crippen molar-refractivity contribution in [1.29, 1.82) is 0 Å². The lowest BCUT2D eigenvalue weighted by atomic mass is 9.91. The number of sulfonamides is 1. The summed E-state index contributed by atoms with van der Waals surface area (Å²) in [5.74, 6) is 0.665. The monoisotopic (exact) mass is 246 g/mol. The second-order valence-electron chi connectivity index (χ2n) is 5.14. The van der Waals surface area contributed by atoms with E-state index in [2.05, 4.69) is 5.32 Å². The third-order valence-electron chi connectivity index (χ3n) is 3.84.